The Labute approximate surface area is 223 Å². The molecule has 0 aliphatic carbocycles. The maximum absolute atomic E-state index is 13.1. The first kappa shape index (κ1) is 27.0. The van der Waals surface area contributed by atoms with Crippen LogP contribution in [-0.4, -0.2) is 59.0 Å². The molecule has 0 unspecified atom stereocenters. The molecule has 0 aliphatic heterocycles. The number of carbonyl (C=O) groups excluding carboxylic acids is 4. The summed E-state index contributed by atoms with van der Waals surface area (Å²) in [5.74, 6) is -2.81. The number of nitrogens with one attached hydrogen (secondary N) is 4. The number of anilines is 2. The molecule has 4 aromatic rings. The standard InChI is InChI=1S/C28H28N6O5/c1-16(26(29)37)31-28(39)22(15-35)33-23(36)14-30-27(38)20-12-7-11-19-24(32-17-8-3-2-4-9-17)18-10-5-6-13-21(18)34-25(19)20/h2-13,16,22,35H,14-15H2,1H3,(H2,29,37)(H,30,38)(H,31,39)(H,32,34)(H,33,36)/t16-,22-/m0/s1. The third-order valence-corrected chi connectivity index (χ3v) is 6.03. The van der Waals surface area contributed by atoms with E-state index in [4.69, 9.17) is 10.7 Å². The number of benzene rings is 3. The summed E-state index contributed by atoms with van der Waals surface area (Å²) in [7, 11) is 0. The largest absolute Gasteiger partial charge is 0.394 e. The zero-order valence-corrected chi connectivity index (χ0v) is 21.1. The van der Waals surface area contributed by atoms with Crippen LogP contribution in [0.15, 0.2) is 72.8 Å². The second-order valence-electron chi connectivity index (χ2n) is 8.81. The zero-order chi connectivity index (χ0) is 27.9. The molecule has 2 atom stereocenters. The first-order valence-electron chi connectivity index (χ1n) is 12.2. The predicted molar refractivity (Wildman–Crippen MR) is 147 cm³/mol. The van der Waals surface area contributed by atoms with Gasteiger partial charge in [0.05, 0.1) is 35.4 Å². The van der Waals surface area contributed by atoms with Gasteiger partial charge in [-0.25, -0.2) is 4.98 Å². The van der Waals surface area contributed by atoms with Crippen molar-refractivity contribution in [3.05, 3.63) is 78.4 Å². The summed E-state index contributed by atoms with van der Waals surface area (Å²) in [5.41, 5.74) is 8.17. The average molecular weight is 529 g/mol. The highest BCUT2D eigenvalue weighted by atomic mass is 16.3. The van der Waals surface area contributed by atoms with E-state index in [1.54, 1.807) is 12.1 Å². The molecule has 3 aromatic carbocycles. The van der Waals surface area contributed by atoms with Crippen LogP contribution >= 0.6 is 0 Å². The number of pyridine rings is 1. The minimum absolute atomic E-state index is 0.258. The number of amides is 4. The molecule has 0 aliphatic rings. The molecule has 0 saturated carbocycles. The lowest BCUT2D eigenvalue weighted by Crippen LogP contribution is -2.54. The van der Waals surface area contributed by atoms with Gasteiger partial charge in [0, 0.05) is 16.5 Å². The van der Waals surface area contributed by atoms with E-state index in [0.29, 0.717) is 11.0 Å². The van der Waals surface area contributed by atoms with Crippen molar-refractivity contribution in [1.29, 1.82) is 0 Å². The van der Waals surface area contributed by atoms with Crippen molar-refractivity contribution in [3.63, 3.8) is 0 Å². The van der Waals surface area contributed by atoms with Gasteiger partial charge in [0.1, 0.15) is 12.1 Å². The van der Waals surface area contributed by atoms with Crippen LogP contribution in [0.25, 0.3) is 21.8 Å². The van der Waals surface area contributed by atoms with Crippen molar-refractivity contribution in [2.45, 2.75) is 19.0 Å². The van der Waals surface area contributed by atoms with Crippen molar-refractivity contribution in [1.82, 2.24) is 20.9 Å². The number of para-hydroxylation sites is 3. The number of nitrogens with two attached hydrogens (primary N) is 1. The number of aliphatic hydroxyl groups is 1. The van der Waals surface area contributed by atoms with Gasteiger partial charge in [-0.3, -0.25) is 19.2 Å². The Morgan fingerprint density at radius 1 is 0.897 bits per heavy atom. The van der Waals surface area contributed by atoms with Gasteiger partial charge >= 0.3 is 0 Å². The third kappa shape index (κ3) is 6.28. The van der Waals surface area contributed by atoms with Gasteiger partial charge < -0.3 is 32.1 Å². The number of fused-ring (bicyclic) bond motifs is 2. The molecule has 39 heavy (non-hydrogen) atoms. The predicted octanol–water partition coefficient (Wildman–Crippen LogP) is 1.33. The normalized spacial score (nSPS) is 12.4. The summed E-state index contributed by atoms with van der Waals surface area (Å²) in [5, 5.41) is 21.7. The fourth-order valence-electron chi connectivity index (χ4n) is 3.98. The second-order valence-corrected chi connectivity index (χ2v) is 8.81. The van der Waals surface area contributed by atoms with E-state index in [0.717, 1.165) is 22.1 Å². The Bertz CT molecular complexity index is 1540. The highest BCUT2D eigenvalue weighted by Gasteiger charge is 2.23. The van der Waals surface area contributed by atoms with Crippen LogP contribution in [0.4, 0.5) is 11.4 Å². The summed E-state index contributed by atoms with van der Waals surface area (Å²) >= 11 is 0. The van der Waals surface area contributed by atoms with Crippen LogP contribution in [0.1, 0.15) is 17.3 Å². The number of nitrogens with zero attached hydrogens (tertiary/aromatic N) is 1. The van der Waals surface area contributed by atoms with E-state index in [2.05, 4.69) is 21.3 Å². The van der Waals surface area contributed by atoms with E-state index in [1.165, 1.54) is 6.92 Å². The molecule has 0 saturated heterocycles. The van der Waals surface area contributed by atoms with Crippen LogP contribution in [0.3, 0.4) is 0 Å². The second kappa shape index (κ2) is 12.0. The van der Waals surface area contributed by atoms with E-state index in [-0.39, 0.29) is 5.56 Å². The molecule has 4 rings (SSSR count). The molecule has 1 aromatic heterocycles. The topological polar surface area (TPSA) is 176 Å². The van der Waals surface area contributed by atoms with Crippen molar-refractivity contribution in [2.75, 3.05) is 18.5 Å². The van der Waals surface area contributed by atoms with Gasteiger partial charge in [0.2, 0.25) is 17.7 Å². The summed E-state index contributed by atoms with van der Waals surface area (Å²) in [6.07, 6.45) is 0. The summed E-state index contributed by atoms with van der Waals surface area (Å²) < 4.78 is 0. The quantitative estimate of drug-likeness (QED) is 0.168. The lowest BCUT2D eigenvalue weighted by molar-refractivity contribution is -0.131. The molecule has 0 spiro atoms. The Balaban J connectivity index is 1.55. The number of carbonyl (C=O) groups is 4. The highest BCUT2D eigenvalue weighted by Crippen LogP contribution is 2.34. The molecule has 0 radical (unpaired) electrons. The van der Waals surface area contributed by atoms with Crippen LogP contribution in [-0.2, 0) is 14.4 Å². The lowest BCUT2D eigenvalue weighted by Gasteiger charge is -2.18. The van der Waals surface area contributed by atoms with Crippen molar-refractivity contribution < 1.29 is 24.3 Å². The number of aliphatic hydroxyl groups excluding tert-OH is 1. The molecule has 200 valence electrons. The molecule has 11 nitrogen and oxygen atoms in total. The van der Waals surface area contributed by atoms with Crippen LogP contribution in [0, 0.1) is 0 Å². The maximum atomic E-state index is 13.1. The molecular formula is C28H28N6O5. The highest BCUT2D eigenvalue weighted by molar-refractivity contribution is 6.15. The summed E-state index contributed by atoms with van der Waals surface area (Å²) in [4.78, 5) is 53.7. The Morgan fingerprint density at radius 2 is 1.59 bits per heavy atom. The monoisotopic (exact) mass is 528 g/mol. The van der Waals surface area contributed by atoms with E-state index >= 15 is 0 Å². The van der Waals surface area contributed by atoms with E-state index in [1.807, 2.05) is 60.7 Å². The third-order valence-electron chi connectivity index (χ3n) is 6.03. The minimum Gasteiger partial charge on any atom is -0.394 e. The van der Waals surface area contributed by atoms with E-state index < -0.39 is 48.9 Å². The maximum Gasteiger partial charge on any atom is 0.253 e. The van der Waals surface area contributed by atoms with Crippen LogP contribution in [0.5, 0.6) is 0 Å². The van der Waals surface area contributed by atoms with Gasteiger partial charge in [-0.05, 0) is 31.2 Å². The molecular weight excluding hydrogens is 500 g/mol. The molecule has 7 N–H and O–H groups in total. The van der Waals surface area contributed by atoms with Crippen LogP contribution in [0.2, 0.25) is 0 Å². The lowest BCUT2D eigenvalue weighted by atomic mass is 10.0. The van der Waals surface area contributed by atoms with Gasteiger partial charge in [-0.15, -0.1) is 0 Å². The van der Waals surface area contributed by atoms with Gasteiger partial charge in [0.25, 0.3) is 5.91 Å². The van der Waals surface area contributed by atoms with Crippen LogP contribution < -0.4 is 27.0 Å². The fraction of sp³-hybridized carbons (Fsp3) is 0.179. The number of hydrogen-bond donors (Lipinski definition) is 6. The summed E-state index contributed by atoms with van der Waals surface area (Å²) in [6.45, 7) is 0.195. The number of aromatic nitrogens is 1. The van der Waals surface area contributed by atoms with Gasteiger partial charge in [-0.1, -0.05) is 48.5 Å². The zero-order valence-electron chi connectivity index (χ0n) is 21.1. The van der Waals surface area contributed by atoms with Crippen molar-refractivity contribution in [3.8, 4) is 0 Å². The molecule has 1 heterocycles. The molecule has 0 fully saturated rings. The number of hydrogen-bond acceptors (Lipinski definition) is 7. The SMILES string of the molecule is C[C@H](NC(=O)[C@H](CO)NC(=O)CNC(=O)c1cccc2c(Nc3ccccc3)c3ccccc3nc12)C(N)=O. The minimum atomic E-state index is -1.33. The summed E-state index contributed by atoms with van der Waals surface area (Å²) in [6, 6.07) is 20.1. The van der Waals surface area contributed by atoms with E-state index in [9.17, 15) is 24.3 Å². The Kier molecular flexibility index (Phi) is 8.32. The van der Waals surface area contributed by atoms with Crippen molar-refractivity contribution in [2.24, 2.45) is 5.73 Å². The van der Waals surface area contributed by atoms with Crippen molar-refractivity contribution >= 4 is 56.8 Å². The number of rotatable bonds is 10. The smallest absolute Gasteiger partial charge is 0.253 e. The molecule has 4 amide bonds. The molecule has 11 heteroatoms. The van der Waals surface area contributed by atoms with Gasteiger partial charge in [0.15, 0.2) is 0 Å². The Morgan fingerprint density at radius 3 is 2.31 bits per heavy atom. The van der Waals surface area contributed by atoms with Gasteiger partial charge in [-0.2, -0.15) is 0 Å². The number of primary amides is 1. The fourth-order valence-corrected chi connectivity index (χ4v) is 3.98. The average Bonchev–Trinajstić information content (AvgIpc) is 2.94. The Hall–Kier alpha value is -5.03. The first-order valence-corrected chi connectivity index (χ1v) is 12.2. The molecule has 0 bridgehead atoms. The first-order chi connectivity index (χ1) is 18.8.